The van der Waals surface area contributed by atoms with Crippen molar-refractivity contribution in [3.63, 3.8) is 0 Å². The standard InChI is InChI=1S/C3H6O2.CH3N/c1-2-3(4)5;1-2/h2H2,1H3,(H,4,5);2H,1H2. The first kappa shape index (κ1) is 9.46. The molecule has 0 aromatic carbocycles. The molecule has 0 bridgehead atoms. The summed E-state index contributed by atoms with van der Waals surface area (Å²) in [7, 11) is 0. The molecule has 0 spiro atoms. The lowest BCUT2D eigenvalue weighted by Crippen LogP contribution is -1.86. The van der Waals surface area contributed by atoms with Crippen LogP contribution in [-0.4, -0.2) is 17.8 Å². The number of rotatable bonds is 1. The minimum absolute atomic E-state index is 0.222. The predicted octanol–water partition coefficient (Wildman–Crippen LogP) is 0.747. The molecule has 0 heterocycles. The van der Waals surface area contributed by atoms with Gasteiger partial charge in [0.05, 0.1) is 0 Å². The molecule has 0 saturated heterocycles. The topological polar surface area (TPSA) is 61.2 Å². The summed E-state index contributed by atoms with van der Waals surface area (Å²) in [6.45, 7) is 4.10. The molecule has 0 aromatic heterocycles. The van der Waals surface area contributed by atoms with Crippen LogP contribution in [0.4, 0.5) is 0 Å². The second kappa shape index (κ2) is 8.94. The number of nitrogens with one attached hydrogen (secondary N) is 1. The van der Waals surface area contributed by atoms with Crippen LogP contribution in [-0.2, 0) is 4.79 Å². The molecule has 0 aliphatic carbocycles. The molecule has 0 rings (SSSR count). The van der Waals surface area contributed by atoms with E-state index in [2.05, 4.69) is 6.72 Å². The van der Waals surface area contributed by atoms with Gasteiger partial charge in [0, 0.05) is 6.42 Å². The first-order chi connectivity index (χ1) is 3.27. The maximum absolute atomic E-state index is 9.37. The van der Waals surface area contributed by atoms with Gasteiger partial charge in [-0.15, -0.1) is 0 Å². The summed E-state index contributed by atoms with van der Waals surface area (Å²) < 4.78 is 0. The number of hydrogen-bond acceptors (Lipinski definition) is 2. The van der Waals surface area contributed by atoms with E-state index in [1.807, 2.05) is 0 Å². The Bertz CT molecular complexity index is 53.7. The van der Waals surface area contributed by atoms with Gasteiger partial charge < -0.3 is 10.5 Å². The van der Waals surface area contributed by atoms with Gasteiger partial charge in [-0.2, -0.15) is 0 Å². The Labute approximate surface area is 42.5 Å². The highest BCUT2D eigenvalue weighted by Gasteiger charge is 1.80. The Balaban J connectivity index is 0. The van der Waals surface area contributed by atoms with Crippen LogP contribution in [0.25, 0.3) is 0 Å². The number of aliphatic carboxylic acids is 1. The molecule has 0 unspecified atom stereocenters. The van der Waals surface area contributed by atoms with Crippen LogP contribution < -0.4 is 0 Å². The van der Waals surface area contributed by atoms with Gasteiger partial charge in [0.15, 0.2) is 0 Å². The number of carbonyl (C=O) groups is 1. The fraction of sp³-hybridized carbons (Fsp3) is 0.500. The molecular weight excluding hydrogens is 94.0 g/mol. The molecule has 0 aliphatic heterocycles. The van der Waals surface area contributed by atoms with Crippen molar-refractivity contribution in [2.75, 3.05) is 0 Å². The molecule has 7 heavy (non-hydrogen) atoms. The van der Waals surface area contributed by atoms with E-state index < -0.39 is 5.97 Å². The lowest BCUT2D eigenvalue weighted by atomic mass is 10.5. The van der Waals surface area contributed by atoms with Crippen LogP contribution in [0.15, 0.2) is 0 Å². The summed E-state index contributed by atoms with van der Waals surface area (Å²) >= 11 is 0. The highest BCUT2D eigenvalue weighted by atomic mass is 16.4. The summed E-state index contributed by atoms with van der Waals surface area (Å²) in [5, 5.41) is 13.2. The zero-order valence-electron chi connectivity index (χ0n) is 4.27. The van der Waals surface area contributed by atoms with Crippen molar-refractivity contribution >= 4 is 12.7 Å². The molecule has 2 N–H and O–H groups in total. The van der Waals surface area contributed by atoms with Gasteiger partial charge in [-0.05, 0) is 6.72 Å². The van der Waals surface area contributed by atoms with E-state index in [-0.39, 0.29) is 6.42 Å². The van der Waals surface area contributed by atoms with Crippen LogP contribution in [0.1, 0.15) is 13.3 Å². The van der Waals surface area contributed by atoms with Crippen molar-refractivity contribution in [2.24, 2.45) is 0 Å². The summed E-state index contributed by atoms with van der Waals surface area (Å²) in [4.78, 5) is 9.37. The van der Waals surface area contributed by atoms with Crippen LogP contribution in [0.3, 0.4) is 0 Å². The van der Waals surface area contributed by atoms with E-state index in [0.717, 1.165) is 0 Å². The van der Waals surface area contributed by atoms with Crippen LogP contribution in [0, 0.1) is 5.41 Å². The third-order valence-electron chi connectivity index (χ3n) is 0.302. The Morgan fingerprint density at radius 3 is 2.00 bits per heavy atom. The van der Waals surface area contributed by atoms with Crippen LogP contribution in [0.2, 0.25) is 0 Å². The fourth-order valence-electron chi connectivity index (χ4n) is 0. The number of carboxylic acids is 1. The molecule has 0 saturated carbocycles. The van der Waals surface area contributed by atoms with Crippen molar-refractivity contribution < 1.29 is 9.90 Å². The van der Waals surface area contributed by atoms with Crippen LogP contribution >= 0.6 is 0 Å². The van der Waals surface area contributed by atoms with Crippen molar-refractivity contribution in [3.8, 4) is 0 Å². The van der Waals surface area contributed by atoms with E-state index in [4.69, 9.17) is 10.5 Å². The smallest absolute Gasteiger partial charge is 0.303 e. The van der Waals surface area contributed by atoms with Crippen molar-refractivity contribution in [2.45, 2.75) is 13.3 Å². The van der Waals surface area contributed by atoms with E-state index in [0.29, 0.717) is 0 Å². The minimum Gasteiger partial charge on any atom is -0.481 e. The van der Waals surface area contributed by atoms with Gasteiger partial charge in [-0.3, -0.25) is 4.79 Å². The Hall–Kier alpha value is -0.860. The maximum Gasteiger partial charge on any atom is 0.303 e. The molecule has 3 nitrogen and oxygen atoms in total. The highest BCUT2D eigenvalue weighted by Crippen LogP contribution is 1.67. The van der Waals surface area contributed by atoms with Crippen molar-refractivity contribution in [1.82, 2.24) is 0 Å². The molecule has 0 radical (unpaired) electrons. The normalized spacial score (nSPS) is 5.86. The van der Waals surface area contributed by atoms with E-state index in [1.54, 1.807) is 6.92 Å². The van der Waals surface area contributed by atoms with Crippen molar-refractivity contribution in [3.05, 3.63) is 0 Å². The van der Waals surface area contributed by atoms with Crippen molar-refractivity contribution in [1.29, 1.82) is 5.41 Å². The second-order valence-electron chi connectivity index (χ2n) is 0.747. The molecule has 0 atom stereocenters. The van der Waals surface area contributed by atoms with E-state index >= 15 is 0 Å². The molecule has 0 amide bonds. The third kappa shape index (κ3) is 39.0. The zero-order chi connectivity index (χ0) is 6.28. The zero-order valence-corrected chi connectivity index (χ0v) is 4.27. The molecule has 0 aliphatic rings. The van der Waals surface area contributed by atoms with E-state index in [1.165, 1.54) is 0 Å². The molecule has 0 aromatic rings. The third-order valence-corrected chi connectivity index (χ3v) is 0.302. The van der Waals surface area contributed by atoms with Gasteiger partial charge in [0.2, 0.25) is 0 Å². The summed E-state index contributed by atoms with van der Waals surface area (Å²) in [5.74, 6) is -0.745. The van der Waals surface area contributed by atoms with Gasteiger partial charge in [-0.25, -0.2) is 0 Å². The van der Waals surface area contributed by atoms with Gasteiger partial charge in [0.25, 0.3) is 0 Å². The Morgan fingerprint density at radius 1 is 1.86 bits per heavy atom. The maximum atomic E-state index is 9.37. The van der Waals surface area contributed by atoms with Gasteiger partial charge in [-0.1, -0.05) is 6.92 Å². The van der Waals surface area contributed by atoms with Gasteiger partial charge in [0.1, 0.15) is 0 Å². The van der Waals surface area contributed by atoms with Gasteiger partial charge >= 0.3 is 5.97 Å². The number of hydrogen-bond donors (Lipinski definition) is 2. The lowest BCUT2D eigenvalue weighted by Gasteiger charge is -1.71. The first-order valence-corrected chi connectivity index (χ1v) is 1.84. The average molecular weight is 103 g/mol. The Morgan fingerprint density at radius 2 is 2.00 bits per heavy atom. The molecule has 3 heteroatoms. The fourth-order valence-corrected chi connectivity index (χ4v) is 0. The largest absolute Gasteiger partial charge is 0.481 e. The average Bonchev–Trinajstić information content (AvgIpc) is 1.73. The lowest BCUT2D eigenvalue weighted by molar-refractivity contribution is -0.136. The monoisotopic (exact) mass is 103 g/mol. The van der Waals surface area contributed by atoms with E-state index in [9.17, 15) is 4.79 Å². The highest BCUT2D eigenvalue weighted by molar-refractivity contribution is 5.66. The molecular formula is C4H9NO2. The minimum atomic E-state index is -0.745. The quantitative estimate of drug-likeness (QED) is 0.481. The second-order valence-corrected chi connectivity index (χ2v) is 0.747. The molecule has 42 valence electrons. The summed E-state index contributed by atoms with van der Waals surface area (Å²) in [6.07, 6.45) is 0.222. The Kier molecular flexibility index (Phi) is 12.1. The summed E-state index contributed by atoms with van der Waals surface area (Å²) in [6, 6.07) is 0. The first-order valence-electron chi connectivity index (χ1n) is 1.84. The SMILES string of the molecule is C=N.CCC(=O)O. The number of carboxylic acid groups (broad SMARTS) is 1. The van der Waals surface area contributed by atoms with Crippen LogP contribution in [0.5, 0.6) is 0 Å². The molecule has 0 fully saturated rings. The predicted molar refractivity (Wildman–Crippen MR) is 27.8 cm³/mol. The summed E-state index contributed by atoms with van der Waals surface area (Å²) in [5.41, 5.74) is 0.